The minimum absolute atomic E-state index is 0.00327. The van der Waals surface area contributed by atoms with Crippen LogP contribution in [0.25, 0.3) is 0 Å². The van der Waals surface area contributed by atoms with Gasteiger partial charge in [-0.1, -0.05) is 34.7 Å². The fraction of sp³-hybridized carbons (Fsp3) is 0. The molecule has 0 aliphatic carbocycles. The SMILES string of the molecule is O=C(O)c1nnc(Sc2ccc(Cl)cc2)s1. The molecule has 0 spiro atoms. The first-order valence-corrected chi connectivity index (χ1v) is 6.16. The van der Waals surface area contributed by atoms with Crippen LogP contribution in [0, 0.1) is 0 Å². The van der Waals surface area contributed by atoms with E-state index >= 15 is 0 Å². The smallest absolute Gasteiger partial charge is 0.367 e. The molecule has 1 aromatic carbocycles. The number of rotatable bonds is 3. The molecule has 82 valence electrons. The molecule has 0 saturated carbocycles. The summed E-state index contributed by atoms with van der Waals surface area (Å²) in [6, 6.07) is 7.22. The predicted molar refractivity (Wildman–Crippen MR) is 62.4 cm³/mol. The van der Waals surface area contributed by atoms with Crippen molar-refractivity contribution in [1.29, 1.82) is 0 Å². The molecule has 0 aliphatic rings. The van der Waals surface area contributed by atoms with Gasteiger partial charge in [-0.15, -0.1) is 10.2 Å². The minimum Gasteiger partial charge on any atom is -0.476 e. The molecule has 2 rings (SSSR count). The lowest BCUT2D eigenvalue weighted by molar-refractivity contribution is 0.0695. The van der Waals surface area contributed by atoms with Crippen LogP contribution in [0.4, 0.5) is 0 Å². The van der Waals surface area contributed by atoms with Gasteiger partial charge in [-0.05, 0) is 24.3 Å². The van der Waals surface area contributed by atoms with E-state index in [4.69, 9.17) is 16.7 Å². The van der Waals surface area contributed by atoms with Crippen molar-refractivity contribution in [1.82, 2.24) is 10.2 Å². The second-order valence-electron chi connectivity index (χ2n) is 2.73. The van der Waals surface area contributed by atoms with E-state index in [1.165, 1.54) is 11.8 Å². The first-order chi connectivity index (χ1) is 7.65. The number of benzene rings is 1. The lowest BCUT2D eigenvalue weighted by atomic mass is 10.4. The molecule has 0 amide bonds. The van der Waals surface area contributed by atoms with Crippen molar-refractivity contribution >= 4 is 40.7 Å². The average molecular weight is 273 g/mol. The Morgan fingerprint density at radius 1 is 1.31 bits per heavy atom. The molecule has 0 atom stereocenters. The number of halogens is 1. The van der Waals surface area contributed by atoms with Crippen LogP contribution >= 0.6 is 34.7 Å². The maximum absolute atomic E-state index is 10.6. The van der Waals surface area contributed by atoms with Gasteiger partial charge in [-0.3, -0.25) is 0 Å². The molecule has 1 N–H and O–H groups in total. The molecule has 7 heteroatoms. The zero-order chi connectivity index (χ0) is 11.5. The molecule has 0 bridgehead atoms. The van der Waals surface area contributed by atoms with Gasteiger partial charge in [0.05, 0.1) is 0 Å². The third kappa shape index (κ3) is 2.72. The summed E-state index contributed by atoms with van der Waals surface area (Å²) in [4.78, 5) is 11.5. The van der Waals surface area contributed by atoms with Crippen LogP contribution in [0.2, 0.25) is 5.02 Å². The van der Waals surface area contributed by atoms with Crippen molar-refractivity contribution in [2.45, 2.75) is 9.24 Å². The lowest BCUT2D eigenvalue weighted by Gasteiger charge is -1.95. The number of aromatic carboxylic acids is 1. The third-order valence-corrected chi connectivity index (χ3v) is 3.83. The summed E-state index contributed by atoms with van der Waals surface area (Å²) >= 11 is 8.15. The highest BCUT2D eigenvalue weighted by atomic mass is 35.5. The quantitative estimate of drug-likeness (QED) is 0.930. The molecule has 0 unspecified atom stereocenters. The van der Waals surface area contributed by atoms with Crippen molar-refractivity contribution in [2.75, 3.05) is 0 Å². The van der Waals surface area contributed by atoms with Crippen molar-refractivity contribution in [3.8, 4) is 0 Å². The molecule has 0 aliphatic heterocycles. The standard InChI is InChI=1S/C9H5ClN2O2S2/c10-5-1-3-6(4-2-5)15-9-12-11-7(16-9)8(13)14/h1-4H,(H,13,14). The lowest BCUT2D eigenvalue weighted by Crippen LogP contribution is -1.93. The Balaban J connectivity index is 2.14. The molecule has 0 saturated heterocycles. The largest absolute Gasteiger partial charge is 0.476 e. The van der Waals surface area contributed by atoms with Crippen molar-refractivity contribution in [3.05, 3.63) is 34.3 Å². The van der Waals surface area contributed by atoms with Gasteiger partial charge in [0, 0.05) is 9.92 Å². The zero-order valence-electron chi connectivity index (χ0n) is 7.75. The van der Waals surface area contributed by atoms with Gasteiger partial charge in [-0.25, -0.2) is 4.79 Å². The van der Waals surface area contributed by atoms with E-state index in [2.05, 4.69) is 10.2 Å². The van der Waals surface area contributed by atoms with Gasteiger partial charge in [0.2, 0.25) is 5.01 Å². The maximum Gasteiger partial charge on any atom is 0.367 e. The van der Waals surface area contributed by atoms with Gasteiger partial charge in [0.15, 0.2) is 4.34 Å². The summed E-state index contributed by atoms with van der Waals surface area (Å²) in [6.45, 7) is 0. The van der Waals surface area contributed by atoms with Gasteiger partial charge in [0.1, 0.15) is 0 Å². The third-order valence-electron chi connectivity index (χ3n) is 1.61. The van der Waals surface area contributed by atoms with Crippen molar-refractivity contribution < 1.29 is 9.90 Å². The van der Waals surface area contributed by atoms with E-state index in [0.29, 0.717) is 9.36 Å². The fourth-order valence-corrected chi connectivity index (χ4v) is 2.73. The molecular formula is C9H5ClN2O2S2. The molecule has 4 nitrogen and oxygen atoms in total. The first-order valence-electron chi connectivity index (χ1n) is 4.15. The van der Waals surface area contributed by atoms with Gasteiger partial charge >= 0.3 is 5.97 Å². The van der Waals surface area contributed by atoms with E-state index < -0.39 is 5.97 Å². The molecule has 16 heavy (non-hydrogen) atoms. The average Bonchev–Trinajstić information content (AvgIpc) is 2.70. The predicted octanol–water partition coefficient (Wildman–Crippen LogP) is 3.04. The number of carboxylic acids is 1. The van der Waals surface area contributed by atoms with Crippen LogP contribution in [0.3, 0.4) is 0 Å². The number of hydrogen-bond acceptors (Lipinski definition) is 5. The van der Waals surface area contributed by atoms with Crippen LogP contribution in [0.5, 0.6) is 0 Å². The Bertz CT molecular complexity index is 512. The molecule has 0 radical (unpaired) electrons. The molecule has 1 aromatic heterocycles. The molecular weight excluding hydrogens is 268 g/mol. The Kier molecular flexibility index (Phi) is 3.42. The molecule has 1 heterocycles. The van der Waals surface area contributed by atoms with E-state index in [0.717, 1.165) is 16.2 Å². The summed E-state index contributed by atoms with van der Waals surface area (Å²) in [7, 11) is 0. The first kappa shape index (κ1) is 11.4. The van der Waals surface area contributed by atoms with Gasteiger partial charge in [-0.2, -0.15) is 0 Å². The number of carboxylic acid groups (broad SMARTS) is 1. The monoisotopic (exact) mass is 272 g/mol. The molecule has 0 fully saturated rings. The van der Waals surface area contributed by atoms with Crippen LogP contribution in [0.1, 0.15) is 9.80 Å². The van der Waals surface area contributed by atoms with E-state index in [1.807, 2.05) is 12.1 Å². The van der Waals surface area contributed by atoms with E-state index in [-0.39, 0.29) is 5.01 Å². The van der Waals surface area contributed by atoms with Crippen LogP contribution in [-0.4, -0.2) is 21.3 Å². The topological polar surface area (TPSA) is 63.1 Å². The Labute approximate surface area is 104 Å². The zero-order valence-corrected chi connectivity index (χ0v) is 10.1. The van der Waals surface area contributed by atoms with Crippen LogP contribution in [0.15, 0.2) is 33.5 Å². The normalized spacial score (nSPS) is 10.3. The number of carbonyl (C=O) groups is 1. The Morgan fingerprint density at radius 2 is 2.00 bits per heavy atom. The van der Waals surface area contributed by atoms with Crippen LogP contribution in [-0.2, 0) is 0 Å². The fourth-order valence-electron chi connectivity index (χ4n) is 0.941. The summed E-state index contributed by atoms with van der Waals surface area (Å²) < 4.78 is 0.597. The van der Waals surface area contributed by atoms with Crippen LogP contribution < -0.4 is 0 Å². The van der Waals surface area contributed by atoms with E-state index in [9.17, 15) is 4.79 Å². The number of aromatic nitrogens is 2. The summed E-state index contributed by atoms with van der Waals surface area (Å²) in [5.74, 6) is -1.06. The summed E-state index contributed by atoms with van der Waals surface area (Å²) in [6.07, 6.45) is 0. The van der Waals surface area contributed by atoms with Gasteiger partial charge < -0.3 is 5.11 Å². The second kappa shape index (κ2) is 4.82. The Hall–Kier alpha value is -1.11. The second-order valence-corrected chi connectivity index (χ2v) is 5.47. The minimum atomic E-state index is -1.06. The van der Waals surface area contributed by atoms with Crippen molar-refractivity contribution in [2.24, 2.45) is 0 Å². The van der Waals surface area contributed by atoms with E-state index in [1.54, 1.807) is 12.1 Å². The highest BCUT2D eigenvalue weighted by Crippen LogP contribution is 2.30. The van der Waals surface area contributed by atoms with Crippen molar-refractivity contribution in [3.63, 3.8) is 0 Å². The van der Waals surface area contributed by atoms with Gasteiger partial charge in [0.25, 0.3) is 0 Å². The number of nitrogens with zero attached hydrogens (tertiary/aromatic N) is 2. The summed E-state index contributed by atoms with van der Waals surface area (Å²) in [5, 5.41) is 16.7. The highest BCUT2D eigenvalue weighted by Gasteiger charge is 2.11. The summed E-state index contributed by atoms with van der Waals surface area (Å²) in [5.41, 5.74) is 0. The maximum atomic E-state index is 10.6. The molecule has 2 aromatic rings. The highest BCUT2D eigenvalue weighted by molar-refractivity contribution is 8.01. The Morgan fingerprint density at radius 3 is 2.56 bits per heavy atom. The number of hydrogen-bond donors (Lipinski definition) is 1.